The lowest BCUT2D eigenvalue weighted by Crippen LogP contribution is -2.20. The van der Waals surface area contributed by atoms with E-state index in [0.717, 1.165) is 0 Å². The maximum atomic E-state index is 10.8. The number of primary amides is 1. The van der Waals surface area contributed by atoms with Gasteiger partial charge in [0, 0.05) is 0 Å². The molecule has 0 radical (unpaired) electrons. The highest BCUT2D eigenvalue weighted by atomic mass is 16.5. The second-order valence-corrected chi connectivity index (χ2v) is 3.54. The van der Waals surface area contributed by atoms with E-state index in [1.165, 1.54) is 0 Å². The van der Waals surface area contributed by atoms with Gasteiger partial charge < -0.3 is 15.6 Å². The van der Waals surface area contributed by atoms with E-state index in [2.05, 4.69) is 0 Å². The second-order valence-electron chi connectivity index (χ2n) is 3.54. The van der Waals surface area contributed by atoms with Crippen LogP contribution in [0, 0.1) is 0 Å². The Bertz CT molecular complexity index is 349. The summed E-state index contributed by atoms with van der Waals surface area (Å²) in [6.45, 7) is 3.80. The van der Waals surface area contributed by atoms with Crippen molar-refractivity contribution in [3.05, 3.63) is 29.8 Å². The lowest BCUT2D eigenvalue weighted by Gasteiger charge is -2.12. The fourth-order valence-electron chi connectivity index (χ4n) is 1.19. The SMILES string of the molecule is CC(C)Oc1cccc(C(O)C(N)=O)c1. The molecule has 0 aliphatic carbocycles. The van der Waals surface area contributed by atoms with Gasteiger partial charge in [-0.2, -0.15) is 0 Å². The topological polar surface area (TPSA) is 72.6 Å². The van der Waals surface area contributed by atoms with Crippen LogP contribution >= 0.6 is 0 Å². The molecular weight excluding hydrogens is 194 g/mol. The van der Waals surface area contributed by atoms with Crippen LogP contribution in [0.1, 0.15) is 25.5 Å². The van der Waals surface area contributed by atoms with Crippen molar-refractivity contribution in [3.63, 3.8) is 0 Å². The van der Waals surface area contributed by atoms with Gasteiger partial charge in [0.05, 0.1) is 6.10 Å². The summed E-state index contributed by atoms with van der Waals surface area (Å²) in [5, 5.41) is 9.43. The van der Waals surface area contributed by atoms with Crippen LogP contribution in [-0.2, 0) is 4.79 Å². The van der Waals surface area contributed by atoms with Crippen LogP contribution in [0.2, 0.25) is 0 Å². The molecule has 0 aliphatic rings. The Balaban J connectivity index is 2.87. The van der Waals surface area contributed by atoms with Gasteiger partial charge >= 0.3 is 0 Å². The molecule has 0 bridgehead atoms. The minimum absolute atomic E-state index is 0.0472. The third-order valence-electron chi connectivity index (χ3n) is 1.82. The first-order valence-corrected chi connectivity index (χ1v) is 4.74. The number of nitrogens with two attached hydrogens (primary N) is 1. The van der Waals surface area contributed by atoms with Gasteiger partial charge in [-0.3, -0.25) is 4.79 Å². The van der Waals surface area contributed by atoms with Gasteiger partial charge in [0.1, 0.15) is 5.75 Å². The second kappa shape index (κ2) is 4.79. The van der Waals surface area contributed by atoms with Gasteiger partial charge in [-0.1, -0.05) is 12.1 Å². The smallest absolute Gasteiger partial charge is 0.250 e. The molecule has 1 atom stereocenters. The molecule has 0 fully saturated rings. The summed E-state index contributed by atoms with van der Waals surface area (Å²) >= 11 is 0. The molecule has 1 amide bonds. The molecule has 1 unspecified atom stereocenters. The van der Waals surface area contributed by atoms with Crippen LogP contribution in [-0.4, -0.2) is 17.1 Å². The molecule has 15 heavy (non-hydrogen) atoms. The number of rotatable bonds is 4. The van der Waals surface area contributed by atoms with Gasteiger partial charge in [-0.15, -0.1) is 0 Å². The van der Waals surface area contributed by atoms with Crippen molar-refractivity contribution >= 4 is 5.91 Å². The fourth-order valence-corrected chi connectivity index (χ4v) is 1.19. The van der Waals surface area contributed by atoms with E-state index in [1.807, 2.05) is 13.8 Å². The number of carbonyl (C=O) groups excluding carboxylic acids is 1. The summed E-state index contributed by atoms with van der Waals surface area (Å²) in [6, 6.07) is 6.70. The monoisotopic (exact) mass is 209 g/mol. The first-order valence-electron chi connectivity index (χ1n) is 4.74. The van der Waals surface area contributed by atoms with Gasteiger partial charge in [-0.25, -0.2) is 0 Å². The number of benzene rings is 1. The number of aliphatic hydroxyl groups excluding tert-OH is 1. The molecule has 1 rings (SSSR count). The molecule has 0 heterocycles. The zero-order valence-corrected chi connectivity index (χ0v) is 8.81. The average Bonchev–Trinajstić information content (AvgIpc) is 2.16. The number of ether oxygens (including phenoxy) is 1. The number of carbonyl (C=O) groups is 1. The summed E-state index contributed by atoms with van der Waals surface area (Å²) in [7, 11) is 0. The van der Waals surface area contributed by atoms with Gasteiger partial charge in [0.15, 0.2) is 6.10 Å². The fraction of sp³-hybridized carbons (Fsp3) is 0.364. The normalized spacial score (nSPS) is 12.5. The van der Waals surface area contributed by atoms with Crippen molar-refractivity contribution in [2.75, 3.05) is 0 Å². The third-order valence-corrected chi connectivity index (χ3v) is 1.82. The Kier molecular flexibility index (Phi) is 3.68. The Morgan fingerprint density at radius 3 is 2.67 bits per heavy atom. The van der Waals surface area contributed by atoms with Crippen LogP contribution in [0.3, 0.4) is 0 Å². The summed E-state index contributed by atoms with van der Waals surface area (Å²) in [4.78, 5) is 10.8. The Labute approximate surface area is 88.7 Å². The molecule has 4 nitrogen and oxygen atoms in total. The van der Waals surface area contributed by atoms with Crippen LogP contribution in [0.15, 0.2) is 24.3 Å². The maximum absolute atomic E-state index is 10.8. The van der Waals surface area contributed by atoms with Gasteiger partial charge in [0.25, 0.3) is 5.91 Å². The van der Waals surface area contributed by atoms with E-state index in [0.29, 0.717) is 11.3 Å². The first-order chi connectivity index (χ1) is 7.00. The number of amides is 1. The number of hydrogen-bond acceptors (Lipinski definition) is 3. The highest BCUT2D eigenvalue weighted by molar-refractivity contribution is 5.80. The first kappa shape index (κ1) is 11.5. The lowest BCUT2D eigenvalue weighted by molar-refractivity contribution is -0.126. The highest BCUT2D eigenvalue weighted by Gasteiger charge is 2.14. The summed E-state index contributed by atoms with van der Waals surface area (Å²) in [5.41, 5.74) is 5.43. The zero-order valence-electron chi connectivity index (χ0n) is 8.81. The van der Waals surface area contributed by atoms with Crippen molar-refractivity contribution in [2.45, 2.75) is 26.1 Å². The standard InChI is InChI=1S/C11H15NO3/c1-7(2)15-9-5-3-4-8(6-9)10(13)11(12)14/h3-7,10,13H,1-2H3,(H2,12,14). The van der Waals surface area contributed by atoms with Crippen LogP contribution in [0.5, 0.6) is 5.75 Å². The van der Waals surface area contributed by atoms with Crippen molar-refractivity contribution in [2.24, 2.45) is 5.73 Å². The molecule has 0 aromatic heterocycles. The van der Waals surface area contributed by atoms with Crippen molar-refractivity contribution < 1.29 is 14.6 Å². The summed E-state index contributed by atoms with van der Waals surface area (Å²) in [5.74, 6) is -0.153. The number of hydrogen-bond donors (Lipinski definition) is 2. The van der Waals surface area contributed by atoms with E-state index in [1.54, 1.807) is 24.3 Å². The lowest BCUT2D eigenvalue weighted by atomic mass is 10.1. The molecule has 82 valence electrons. The van der Waals surface area contributed by atoms with Crippen LogP contribution in [0.4, 0.5) is 0 Å². The van der Waals surface area contributed by atoms with Crippen molar-refractivity contribution in [3.8, 4) is 5.75 Å². The minimum atomic E-state index is -1.28. The molecule has 0 saturated heterocycles. The Hall–Kier alpha value is -1.55. The predicted molar refractivity (Wildman–Crippen MR) is 56.4 cm³/mol. The van der Waals surface area contributed by atoms with E-state index in [9.17, 15) is 9.90 Å². The quantitative estimate of drug-likeness (QED) is 0.776. The zero-order chi connectivity index (χ0) is 11.4. The van der Waals surface area contributed by atoms with Crippen LogP contribution < -0.4 is 10.5 Å². The Morgan fingerprint density at radius 2 is 2.13 bits per heavy atom. The Morgan fingerprint density at radius 1 is 1.47 bits per heavy atom. The minimum Gasteiger partial charge on any atom is -0.491 e. The van der Waals surface area contributed by atoms with Gasteiger partial charge in [0.2, 0.25) is 0 Å². The molecule has 0 spiro atoms. The highest BCUT2D eigenvalue weighted by Crippen LogP contribution is 2.19. The van der Waals surface area contributed by atoms with Crippen molar-refractivity contribution in [1.82, 2.24) is 0 Å². The van der Waals surface area contributed by atoms with Crippen molar-refractivity contribution in [1.29, 1.82) is 0 Å². The summed E-state index contributed by atoms with van der Waals surface area (Å²) < 4.78 is 5.42. The number of aliphatic hydroxyl groups is 1. The molecule has 0 aliphatic heterocycles. The van der Waals surface area contributed by atoms with E-state index < -0.39 is 12.0 Å². The van der Waals surface area contributed by atoms with E-state index in [4.69, 9.17) is 10.5 Å². The largest absolute Gasteiger partial charge is 0.491 e. The molecular formula is C11H15NO3. The summed E-state index contributed by atoms with van der Waals surface area (Å²) in [6.07, 6.45) is -1.23. The average molecular weight is 209 g/mol. The third kappa shape index (κ3) is 3.25. The molecule has 1 aromatic carbocycles. The van der Waals surface area contributed by atoms with E-state index in [-0.39, 0.29) is 6.10 Å². The maximum Gasteiger partial charge on any atom is 0.250 e. The molecule has 3 N–H and O–H groups in total. The molecule has 1 aromatic rings. The predicted octanol–water partition coefficient (Wildman–Crippen LogP) is 0.992. The molecule has 0 saturated carbocycles. The van der Waals surface area contributed by atoms with Gasteiger partial charge in [-0.05, 0) is 31.5 Å². The van der Waals surface area contributed by atoms with E-state index >= 15 is 0 Å². The van der Waals surface area contributed by atoms with Crippen LogP contribution in [0.25, 0.3) is 0 Å². The molecule has 4 heteroatoms.